The number of rotatable bonds is 4. The van der Waals surface area contributed by atoms with Crippen LogP contribution >= 0.6 is 0 Å². The van der Waals surface area contributed by atoms with Crippen LogP contribution < -0.4 is 0 Å². The Morgan fingerprint density at radius 3 is 2.15 bits per heavy atom. The first-order valence-corrected chi connectivity index (χ1v) is 6.54. The Hall–Kier alpha value is -2.13. The van der Waals surface area contributed by atoms with Gasteiger partial charge in [-0.15, -0.1) is 0 Å². The lowest BCUT2D eigenvalue weighted by molar-refractivity contribution is -0.153. The summed E-state index contributed by atoms with van der Waals surface area (Å²) in [6.45, 7) is 3.33. The summed E-state index contributed by atoms with van der Waals surface area (Å²) in [4.78, 5) is 11.3. The zero-order valence-corrected chi connectivity index (χ0v) is 11.6. The van der Waals surface area contributed by atoms with Gasteiger partial charge in [-0.1, -0.05) is 60.2 Å². The normalized spacial score (nSPS) is 13.6. The highest BCUT2D eigenvalue weighted by Gasteiger charge is 2.25. The van der Waals surface area contributed by atoms with Crippen molar-refractivity contribution in [2.75, 3.05) is 0 Å². The zero-order valence-electron chi connectivity index (χ0n) is 11.6. The van der Waals surface area contributed by atoms with E-state index < -0.39 is 18.2 Å². The molecule has 0 aliphatic heterocycles. The predicted octanol–water partition coefficient (Wildman–Crippen LogP) is 3.33. The molecule has 0 amide bonds. The van der Waals surface area contributed by atoms with Crippen LogP contribution in [-0.2, 0) is 9.53 Å². The maximum atomic E-state index is 11.3. The van der Waals surface area contributed by atoms with Crippen molar-refractivity contribution in [2.45, 2.75) is 26.1 Å². The Kier molecular flexibility index (Phi) is 4.53. The maximum Gasteiger partial charge on any atom is 0.303 e. The predicted molar refractivity (Wildman–Crippen MR) is 77.1 cm³/mol. The summed E-state index contributed by atoms with van der Waals surface area (Å²) in [5.74, 6) is -0.412. The molecule has 104 valence electrons. The number of esters is 1. The van der Waals surface area contributed by atoms with Crippen molar-refractivity contribution in [3.05, 3.63) is 71.3 Å². The van der Waals surface area contributed by atoms with Crippen molar-refractivity contribution in [3.63, 3.8) is 0 Å². The van der Waals surface area contributed by atoms with Crippen LogP contribution in [0, 0.1) is 6.92 Å². The molecule has 3 heteroatoms. The first-order valence-electron chi connectivity index (χ1n) is 6.54. The SMILES string of the molecule is CC(=O)OC(c1ccccc1)C(O)c1ccc(C)cc1. The molecule has 3 nitrogen and oxygen atoms in total. The highest BCUT2D eigenvalue weighted by Crippen LogP contribution is 2.32. The second-order valence-electron chi connectivity index (χ2n) is 4.80. The van der Waals surface area contributed by atoms with E-state index in [2.05, 4.69) is 0 Å². The maximum absolute atomic E-state index is 11.3. The molecule has 0 spiro atoms. The van der Waals surface area contributed by atoms with Crippen molar-refractivity contribution in [2.24, 2.45) is 0 Å². The molecule has 0 aliphatic rings. The summed E-state index contributed by atoms with van der Waals surface area (Å²) in [5, 5.41) is 10.5. The summed E-state index contributed by atoms with van der Waals surface area (Å²) in [5.41, 5.74) is 2.62. The van der Waals surface area contributed by atoms with E-state index in [1.807, 2.05) is 61.5 Å². The van der Waals surface area contributed by atoms with Gasteiger partial charge in [-0.3, -0.25) is 4.79 Å². The molecule has 0 aliphatic carbocycles. The quantitative estimate of drug-likeness (QED) is 0.867. The van der Waals surface area contributed by atoms with Gasteiger partial charge < -0.3 is 9.84 Å². The summed E-state index contributed by atoms with van der Waals surface area (Å²) >= 11 is 0. The average Bonchev–Trinajstić information content (AvgIpc) is 2.45. The number of aliphatic hydroxyl groups is 1. The van der Waals surface area contributed by atoms with Crippen LogP contribution in [0.15, 0.2) is 54.6 Å². The Labute approximate surface area is 118 Å². The van der Waals surface area contributed by atoms with Gasteiger partial charge in [0.05, 0.1) is 0 Å². The second kappa shape index (κ2) is 6.35. The van der Waals surface area contributed by atoms with Crippen molar-refractivity contribution in [1.82, 2.24) is 0 Å². The topological polar surface area (TPSA) is 46.5 Å². The average molecular weight is 270 g/mol. The van der Waals surface area contributed by atoms with E-state index in [-0.39, 0.29) is 0 Å². The third kappa shape index (κ3) is 3.45. The van der Waals surface area contributed by atoms with Gasteiger partial charge in [0.2, 0.25) is 0 Å². The van der Waals surface area contributed by atoms with Crippen LogP contribution in [0.3, 0.4) is 0 Å². The molecule has 0 aromatic heterocycles. The fourth-order valence-corrected chi connectivity index (χ4v) is 2.07. The summed E-state index contributed by atoms with van der Waals surface area (Å²) in [6, 6.07) is 16.8. The lowest BCUT2D eigenvalue weighted by atomic mass is 9.97. The van der Waals surface area contributed by atoms with Crippen molar-refractivity contribution >= 4 is 5.97 Å². The Morgan fingerprint density at radius 2 is 1.60 bits per heavy atom. The minimum Gasteiger partial charge on any atom is -0.455 e. The number of benzene rings is 2. The number of aryl methyl sites for hydroxylation is 1. The van der Waals surface area contributed by atoms with E-state index in [1.165, 1.54) is 6.92 Å². The third-order valence-corrected chi connectivity index (χ3v) is 3.13. The van der Waals surface area contributed by atoms with Crippen molar-refractivity contribution < 1.29 is 14.6 Å². The first kappa shape index (κ1) is 14.3. The van der Waals surface area contributed by atoms with E-state index in [9.17, 15) is 9.90 Å². The van der Waals surface area contributed by atoms with E-state index in [1.54, 1.807) is 0 Å². The first-order chi connectivity index (χ1) is 9.58. The largest absolute Gasteiger partial charge is 0.455 e. The molecule has 1 N–H and O–H groups in total. The molecule has 20 heavy (non-hydrogen) atoms. The molecule has 0 radical (unpaired) electrons. The van der Waals surface area contributed by atoms with Gasteiger partial charge in [0, 0.05) is 6.92 Å². The molecule has 0 saturated heterocycles. The lowest BCUT2D eigenvalue weighted by Gasteiger charge is -2.23. The lowest BCUT2D eigenvalue weighted by Crippen LogP contribution is -2.17. The van der Waals surface area contributed by atoms with Gasteiger partial charge in [0.25, 0.3) is 0 Å². The molecule has 0 heterocycles. The van der Waals surface area contributed by atoms with Gasteiger partial charge in [-0.25, -0.2) is 0 Å². The van der Waals surface area contributed by atoms with Crippen LogP contribution in [0.4, 0.5) is 0 Å². The molecule has 0 bridgehead atoms. The number of aliphatic hydroxyl groups excluding tert-OH is 1. The molecule has 2 unspecified atom stereocenters. The van der Waals surface area contributed by atoms with Crippen LogP contribution in [0.1, 0.15) is 35.8 Å². The van der Waals surface area contributed by atoms with Crippen LogP contribution in [0.5, 0.6) is 0 Å². The Morgan fingerprint density at radius 1 is 1.00 bits per heavy atom. The summed E-state index contributed by atoms with van der Waals surface area (Å²) in [6.07, 6.45) is -1.58. The fraction of sp³-hybridized carbons (Fsp3) is 0.235. The van der Waals surface area contributed by atoms with Crippen LogP contribution in [-0.4, -0.2) is 11.1 Å². The molecule has 0 saturated carbocycles. The molecular formula is C17H18O3. The smallest absolute Gasteiger partial charge is 0.303 e. The molecule has 2 aromatic rings. The van der Waals surface area contributed by atoms with E-state index in [0.29, 0.717) is 0 Å². The van der Waals surface area contributed by atoms with Gasteiger partial charge in [0.1, 0.15) is 6.10 Å². The van der Waals surface area contributed by atoms with Crippen molar-refractivity contribution in [1.29, 1.82) is 0 Å². The van der Waals surface area contributed by atoms with Gasteiger partial charge in [0.15, 0.2) is 6.10 Å². The Bertz CT molecular complexity index is 561. The standard InChI is InChI=1S/C17H18O3/c1-12-8-10-14(11-9-12)16(19)17(20-13(2)18)15-6-4-3-5-7-15/h3-11,16-17,19H,1-2H3. The third-order valence-electron chi connectivity index (χ3n) is 3.13. The number of hydrogen-bond acceptors (Lipinski definition) is 3. The molecule has 2 aromatic carbocycles. The summed E-state index contributed by atoms with van der Waals surface area (Å²) in [7, 11) is 0. The molecule has 2 atom stereocenters. The van der Waals surface area contributed by atoms with Crippen LogP contribution in [0.2, 0.25) is 0 Å². The number of carbonyl (C=O) groups excluding carboxylic acids is 1. The minimum absolute atomic E-state index is 0.412. The van der Waals surface area contributed by atoms with E-state index in [0.717, 1.165) is 16.7 Å². The van der Waals surface area contributed by atoms with E-state index >= 15 is 0 Å². The number of hydrogen-bond donors (Lipinski definition) is 1. The number of ether oxygens (including phenoxy) is 1. The number of carbonyl (C=O) groups is 1. The Balaban J connectivity index is 2.31. The fourth-order valence-electron chi connectivity index (χ4n) is 2.07. The monoisotopic (exact) mass is 270 g/mol. The second-order valence-corrected chi connectivity index (χ2v) is 4.80. The molecule has 2 rings (SSSR count). The van der Waals surface area contributed by atoms with Crippen molar-refractivity contribution in [3.8, 4) is 0 Å². The highest BCUT2D eigenvalue weighted by molar-refractivity contribution is 5.66. The highest BCUT2D eigenvalue weighted by atomic mass is 16.6. The summed E-state index contributed by atoms with van der Waals surface area (Å²) < 4.78 is 5.29. The van der Waals surface area contributed by atoms with E-state index in [4.69, 9.17) is 4.74 Å². The van der Waals surface area contributed by atoms with Gasteiger partial charge in [-0.05, 0) is 18.1 Å². The van der Waals surface area contributed by atoms with Gasteiger partial charge >= 0.3 is 5.97 Å². The zero-order chi connectivity index (χ0) is 14.5. The minimum atomic E-state index is -0.887. The van der Waals surface area contributed by atoms with Gasteiger partial charge in [-0.2, -0.15) is 0 Å². The molecular weight excluding hydrogens is 252 g/mol. The molecule has 0 fully saturated rings. The van der Waals surface area contributed by atoms with Crippen LogP contribution in [0.25, 0.3) is 0 Å².